The number of anilines is 1. The molecule has 0 atom stereocenters. The van der Waals surface area contributed by atoms with Gasteiger partial charge in [0.1, 0.15) is 4.90 Å². The molecular formula is C21H20ClN3O3S2. The van der Waals surface area contributed by atoms with E-state index in [1.165, 1.54) is 48.5 Å². The van der Waals surface area contributed by atoms with Gasteiger partial charge in [0.2, 0.25) is 10.0 Å². The van der Waals surface area contributed by atoms with Gasteiger partial charge in [-0.3, -0.25) is 9.69 Å². The van der Waals surface area contributed by atoms with Gasteiger partial charge in [0.05, 0.1) is 10.7 Å². The average Bonchev–Trinajstić information content (AvgIpc) is 3.22. The quantitative estimate of drug-likeness (QED) is 0.484. The van der Waals surface area contributed by atoms with Gasteiger partial charge in [-0.1, -0.05) is 48.0 Å². The zero-order valence-electron chi connectivity index (χ0n) is 16.4. The number of nitrogens with zero attached hydrogens (tertiary/aromatic N) is 3. The molecule has 0 saturated heterocycles. The number of amides is 1. The minimum atomic E-state index is -3.80. The standard InChI is InChI=1S/C21H20ClN3O3S2/c1-4-12-25(21-23-18(14-29-21)15-8-6-5-7-9-15)20(26)16-10-11-17(22)19(13-16)30(27,28)24(2)3/h4-11,13-14H,1,12H2,2-3H3. The second-order valence-corrected chi connectivity index (χ2v) is 9.88. The van der Waals surface area contributed by atoms with E-state index in [0.717, 1.165) is 15.6 Å². The van der Waals surface area contributed by atoms with E-state index in [1.807, 2.05) is 35.7 Å². The molecule has 30 heavy (non-hydrogen) atoms. The van der Waals surface area contributed by atoms with Crippen molar-refractivity contribution in [3.63, 3.8) is 0 Å². The lowest BCUT2D eigenvalue weighted by Crippen LogP contribution is -2.31. The van der Waals surface area contributed by atoms with E-state index in [9.17, 15) is 13.2 Å². The fourth-order valence-electron chi connectivity index (χ4n) is 2.69. The van der Waals surface area contributed by atoms with Crippen LogP contribution in [0.4, 0.5) is 5.13 Å². The summed E-state index contributed by atoms with van der Waals surface area (Å²) in [6, 6.07) is 13.8. The maximum atomic E-state index is 13.2. The van der Waals surface area contributed by atoms with E-state index in [0.29, 0.717) is 5.13 Å². The van der Waals surface area contributed by atoms with E-state index in [-0.39, 0.29) is 22.0 Å². The number of rotatable bonds is 7. The lowest BCUT2D eigenvalue weighted by molar-refractivity contribution is 0.0989. The minimum Gasteiger partial charge on any atom is -0.280 e. The zero-order chi connectivity index (χ0) is 21.9. The van der Waals surface area contributed by atoms with Crippen LogP contribution >= 0.6 is 22.9 Å². The monoisotopic (exact) mass is 461 g/mol. The summed E-state index contributed by atoms with van der Waals surface area (Å²) in [5, 5.41) is 2.42. The van der Waals surface area contributed by atoms with Crippen LogP contribution in [0.15, 0.2) is 71.5 Å². The number of thiazole rings is 1. The van der Waals surface area contributed by atoms with Gasteiger partial charge < -0.3 is 0 Å². The highest BCUT2D eigenvalue weighted by atomic mass is 35.5. The van der Waals surface area contributed by atoms with Crippen LogP contribution in [0.1, 0.15) is 10.4 Å². The molecule has 1 heterocycles. The van der Waals surface area contributed by atoms with Gasteiger partial charge in [0, 0.05) is 37.1 Å². The van der Waals surface area contributed by atoms with Crippen molar-refractivity contribution in [1.82, 2.24) is 9.29 Å². The first-order valence-corrected chi connectivity index (χ1v) is 11.6. The highest BCUT2D eigenvalue weighted by Gasteiger charge is 2.25. The maximum Gasteiger partial charge on any atom is 0.260 e. The molecule has 2 aromatic carbocycles. The number of sulfonamides is 1. The number of benzene rings is 2. The van der Waals surface area contributed by atoms with Gasteiger partial charge in [-0.05, 0) is 18.2 Å². The van der Waals surface area contributed by atoms with E-state index in [1.54, 1.807) is 6.08 Å². The fourth-order valence-corrected chi connectivity index (χ4v) is 4.93. The molecule has 1 amide bonds. The van der Waals surface area contributed by atoms with Crippen molar-refractivity contribution in [2.24, 2.45) is 0 Å². The molecule has 0 N–H and O–H groups in total. The molecule has 0 bridgehead atoms. The SMILES string of the molecule is C=CCN(C(=O)c1ccc(Cl)c(S(=O)(=O)N(C)C)c1)c1nc(-c2ccccc2)cs1. The molecule has 1 aromatic heterocycles. The molecule has 0 fully saturated rings. The number of carbonyl (C=O) groups excluding carboxylic acids is 1. The molecule has 0 aliphatic heterocycles. The molecule has 156 valence electrons. The van der Waals surface area contributed by atoms with Crippen molar-refractivity contribution in [3.8, 4) is 11.3 Å². The molecular weight excluding hydrogens is 442 g/mol. The van der Waals surface area contributed by atoms with Crippen molar-refractivity contribution in [3.05, 3.63) is 77.2 Å². The molecule has 9 heteroatoms. The smallest absolute Gasteiger partial charge is 0.260 e. The lowest BCUT2D eigenvalue weighted by atomic mass is 10.2. The molecule has 3 aromatic rings. The molecule has 3 rings (SSSR count). The van der Waals surface area contributed by atoms with Gasteiger partial charge in [-0.25, -0.2) is 17.7 Å². The third kappa shape index (κ3) is 4.46. The van der Waals surface area contributed by atoms with Crippen LogP contribution in [0.3, 0.4) is 0 Å². The Morgan fingerprint density at radius 2 is 1.90 bits per heavy atom. The molecule has 0 spiro atoms. The highest BCUT2D eigenvalue weighted by molar-refractivity contribution is 7.89. The Hall–Kier alpha value is -2.52. The van der Waals surface area contributed by atoms with Gasteiger partial charge in [0.15, 0.2) is 5.13 Å². The van der Waals surface area contributed by atoms with Crippen LogP contribution in [0.5, 0.6) is 0 Å². The second kappa shape index (κ2) is 9.09. The number of carbonyl (C=O) groups is 1. The van der Waals surface area contributed by atoms with Crippen molar-refractivity contribution in [1.29, 1.82) is 0 Å². The van der Waals surface area contributed by atoms with E-state index in [2.05, 4.69) is 11.6 Å². The summed E-state index contributed by atoms with van der Waals surface area (Å²) in [5.74, 6) is -0.393. The topological polar surface area (TPSA) is 70.6 Å². The van der Waals surface area contributed by atoms with Gasteiger partial charge in [-0.15, -0.1) is 17.9 Å². The number of aromatic nitrogens is 1. The molecule has 0 aliphatic carbocycles. The summed E-state index contributed by atoms with van der Waals surface area (Å²) < 4.78 is 26.1. The van der Waals surface area contributed by atoms with Gasteiger partial charge in [0.25, 0.3) is 5.91 Å². The lowest BCUT2D eigenvalue weighted by Gasteiger charge is -2.19. The number of hydrogen-bond donors (Lipinski definition) is 0. The van der Waals surface area contributed by atoms with Crippen LogP contribution in [0, 0.1) is 0 Å². The molecule has 0 unspecified atom stereocenters. The van der Waals surface area contributed by atoms with Gasteiger partial charge >= 0.3 is 0 Å². The predicted molar refractivity (Wildman–Crippen MR) is 122 cm³/mol. The van der Waals surface area contributed by atoms with Crippen LogP contribution in [-0.4, -0.2) is 44.3 Å². The summed E-state index contributed by atoms with van der Waals surface area (Å²) in [6.45, 7) is 3.94. The van der Waals surface area contributed by atoms with E-state index in [4.69, 9.17) is 11.6 Å². The highest BCUT2D eigenvalue weighted by Crippen LogP contribution is 2.30. The van der Waals surface area contributed by atoms with Crippen molar-refractivity contribution >= 4 is 44.0 Å². The largest absolute Gasteiger partial charge is 0.280 e. The second-order valence-electron chi connectivity index (χ2n) is 6.52. The zero-order valence-corrected chi connectivity index (χ0v) is 18.8. The molecule has 0 radical (unpaired) electrons. The van der Waals surface area contributed by atoms with Crippen LogP contribution in [0.2, 0.25) is 5.02 Å². The Kier molecular flexibility index (Phi) is 6.72. The van der Waals surface area contributed by atoms with Crippen LogP contribution < -0.4 is 4.90 Å². The predicted octanol–water partition coefficient (Wildman–Crippen LogP) is 4.55. The third-order valence-electron chi connectivity index (χ3n) is 4.29. The van der Waals surface area contributed by atoms with Crippen LogP contribution in [0.25, 0.3) is 11.3 Å². The van der Waals surface area contributed by atoms with Crippen molar-refractivity contribution < 1.29 is 13.2 Å². The Balaban J connectivity index is 1.99. The Morgan fingerprint density at radius 1 is 1.20 bits per heavy atom. The maximum absolute atomic E-state index is 13.2. The van der Waals surface area contributed by atoms with Crippen molar-refractivity contribution in [2.45, 2.75) is 4.90 Å². The summed E-state index contributed by atoms with van der Waals surface area (Å²) in [5.41, 5.74) is 1.89. The van der Waals surface area contributed by atoms with Gasteiger partial charge in [-0.2, -0.15) is 0 Å². The molecule has 0 saturated carbocycles. The minimum absolute atomic E-state index is 0.0520. The molecule has 0 aliphatic rings. The van der Waals surface area contributed by atoms with Crippen molar-refractivity contribution in [2.75, 3.05) is 25.5 Å². The average molecular weight is 462 g/mol. The first kappa shape index (κ1) is 22.2. The summed E-state index contributed by atoms with van der Waals surface area (Å²) in [7, 11) is -0.985. The van der Waals surface area contributed by atoms with E-state index < -0.39 is 15.9 Å². The van der Waals surface area contributed by atoms with E-state index >= 15 is 0 Å². The fraction of sp³-hybridized carbons (Fsp3) is 0.143. The summed E-state index contributed by atoms with van der Waals surface area (Å²) >= 11 is 7.43. The first-order valence-electron chi connectivity index (χ1n) is 8.91. The Bertz CT molecular complexity index is 1180. The third-order valence-corrected chi connectivity index (χ3v) is 7.45. The first-order chi connectivity index (χ1) is 14.3. The number of halogens is 1. The number of hydrogen-bond acceptors (Lipinski definition) is 5. The Labute approximate surface area is 185 Å². The summed E-state index contributed by atoms with van der Waals surface area (Å²) in [4.78, 5) is 19.2. The normalized spacial score (nSPS) is 11.5. The summed E-state index contributed by atoms with van der Waals surface area (Å²) in [6.07, 6.45) is 1.59. The Morgan fingerprint density at radius 3 is 2.53 bits per heavy atom. The molecule has 6 nitrogen and oxygen atoms in total. The van der Waals surface area contributed by atoms with Crippen LogP contribution in [-0.2, 0) is 10.0 Å².